The molecule has 0 atom stereocenters. The summed E-state index contributed by atoms with van der Waals surface area (Å²) < 4.78 is 16.2. The van der Waals surface area contributed by atoms with Gasteiger partial charge in [-0.25, -0.2) is 0 Å². The van der Waals surface area contributed by atoms with E-state index in [2.05, 4.69) is 4.90 Å². The number of rotatable bonds is 9. The summed E-state index contributed by atoms with van der Waals surface area (Å²) in [6, 6.07) is 5.54. The van der Waals surface area contributed by atoms with Crippen molar-refractivity contribution < 1.29 is 19.0 Å². The van der Waals surface area contributed by atoms with Gasteiger partial charge in [-0.05, 0) is 43.5 Å². The maximum atomic E-state index is 11.7. The van der Waals surface area contributed by atoms with Crippen LogP contribution in [0.3, 0.4) is 0 Å². The van der Waals surface area contributed by atoms with Crippen LogP contribution < -0.4 is 4.74 Å². The van der Waals surface area contributed by atoms with Gasteiger partial charge < -0.3 is 14.2 Å². The first-order valence-electron chi connectivity index (χ1n) is 8.50. The van der Waals surface area contributed by atoms with Crippen molar-refractivity contribution in [1.82, 2.24) is 4.90 Å². The summed E-state index contributed by atoms with van der Waals surface area (Å²) in [5.41, 5.74) is 0.980. The predicted molar refractivity (Wildman–Crippen MR) is 93.8 cm³/mol. The number of nitrogens with zero attached hydrogens (tertiary/aromatic N) is 1. The van der Waals surface area contributed by atoms with Crippen molar-refractivity contribution in [2.45, 2.75) is 26.2 Å². The van der Waals surface area contributed by atoms with Gasteiger partial charge in [0.1, 0.15) is 5.75 Å². The zero-order valence-electron chi connectivity index (χ0n) is 14.3. The first-order chi connectivity index (χ1) is 11.6. The molecule has 1 aromatic rings. The Bertz CT molecular complexity index is 518. The van der Waals surface area contributed by atoms with Gasteiger partial charge in [0.05, 0.1) is 26.4 Å². The molecule has 1 heterocycles. The zero-order chi connectivity index (χ0) is 17.2. The maximum absolute atomic E-state index is 11.7. The van der Waals surface area contributed by atoms with Crippen LogP contribution in [0.15, 0.2) is 18.2 Å². The molecule has 2 rings (SSSR count). The van der Waals surface area contributed by atoms with Crippen molar-refractivity contribution >= 4 is 17.6 Å². The lowest BCUT2D eigenvalue weighted by atomic mass is 10.2. The highest BCUT2D eigenvalue weighted by molar-refractivity contribution is 6.31. The third kappa shape index (κ3) is 7.07. The molecule has 0 unspecified atom stereocenters. The number of hydrogen-bond acceptors (Lipinski definition) is 5. The van der Waals surface area contributed by atoms with E-state index in [0.29, 0.717) is 26.1 Å². The quantitative estimate of drug-likeness (QED) is 0.503. The Hall–Kier alpha value is -1.30. The Morgan fingerprint density at radius 2 is 2.04 bits per heavy atom. The molecule has 0 spiro atoms. The molecule has 24 heavy (non-hydrogen) atoms. The monoisotopic (exact) mass is 355 g/mol. The van der Waals surface area contributed by atoms with Gasteiger partial charge in [-0.15, -0.1) is 0 Å². The third-order valence-electron chi connectivity index (χ3n) is 3.91. The van der Waals surface area contributed by atoms with Crippen LogP contribution in [0.4, 0.5) is 0 Å². The van der Waals surface area contributed by atoms with E-state index in [1.54, 1.807) is 0 Å². The van der Waals surface area contributed by atoms with Crippen molar-refractivity contribution in [2.24, 2.45) is 0 Å². The van der Waals surface area contributed by atoms with E-state index >= 15 is 0 Å². The Morgan fingerprint density at radius 1 is 1.25 bits per heavy atom. The fourth-order valence-electron chi connectivity index (χ4n) is 2.48. The van der Waals surface area contributed by atoms with Gasteiger partial charge in [0, 0.05) is 31.1 Å². The van der Waals surface area contributed by atoms with Gasteiger partial charge in [0.25, 0.3) is 0 Å². The number of ether oxygens (including phenoxy) is 3. The SMILES string of the molecule is Cc1cc(OCCCC(=O)OCCCN2CCOCC2)ccc1Cl. The first kappa shape index (κ1) is 19.0. The minimum Gasteiger partial charge on any atom is -0.494 e. The van der Waals surface area contributed by atoms with E-state index in [0.717, 1.165) is 55.6 Å². The third-order valence-corrected chi connectivity index (χ3v) is 4.33. The molecule has 0 radical (unpaired) electrons. The van der Waals surface area contributed by atoms with Crippen LogP contribution in [0.2, 0.25) is 5.02 Å². The minimum absolute atomic E-state index is 0.159. The molecule has 6 heteroatoms. The molecule has 1 saturated heterocycles. The normalized spacial score (nSPS) is 15.2. The fourth-order valence-corrected chi connectivity index (χ4v) is 2.60. The molecule has 0 saturated carbocycles. The average Bonchev–Trinajstić information content (AvgIpc) is 2.59. The molecule has 5 nitrogen and oxygen atoms in total. The van der Waals surface area contributed by atoms with Gasteiger partial charge in [0.2, 0.25) is 0 Å². The van der Waals surface area contributed by atoms with E-state index in [9.17, 15) is 4.79 Å². The van der Waals surface area contributed by atoms with Crippen LogP contribution in [0, 0.1) is 6.92 Å². The molecule has 1 fully saturated rings. The lowest BCUT2D eigenvalue weighted by Gasteiger charge is -2.26. The number of aryl methyl sites for hydroxylation is 1. The highest BCUT2D eigenvalue weighted by Gasteiger charge is 2.10. The van der Waals surface area contributed by atoms with E-state index in [4.69, 9.17) is 25.8 Å². The van der Waals surface area contributed by atoms with Gasteiger partial charge in [-0.2, -0.15) is 0 Å². The van der Waals surface area contributed by atoms with Crippen LogP contribution in [0.25, 0.3) is 0 Å². The van der Waals surface area contributed by atoms with Crippen molar-refractivity contribution in [1.29, 1.82) is 0 Å². The van der Waals surface area contributed by atoms with E-state index < -0.39 is 0 Å². The summed E-state index contributed by atoms with van der Waals surface area (Å²) in [6.45, 7) is 7.39. The molecule has 0 aliphatic carbocycles. The van der Waals surface area contributed by atoms with Crippen LogP contribution in [-0.4, -0.2) is 56.9 Å². The Morgan fingerprint density at radius 3 is 2.79 bits per heavy atom. The second-order valence-corrected chi connectivity index (χ2v) is 6.30. The van der Waals surface area contributed by atoms with Gasteiger partial charge >= 0.3 is 5.97 Å². The number of hydrogen-bond donors (Lipinski definition) is 0. The molecule has 0 amide bonds. The molecule has 0 aromatic heterocycles. The maximum Gasteiger partial charge on any atom is 0.305 e. The Labute approximate surface area is 148 Å². The summed E-state index contributed by atoms with van der Waals surface area (Å²) in [5, 5.41) is 0.725. The molecule has 1 aliphatic rings. The van der Waals surface area contributed by atoms with Crippen LogP contribution in [0.5, 0.6) is 5.75 Å². The van der Waals surface area contributed by atoms with Crippen molar-refractivity contribution in [3.63, 3.8) is 0 Å². The topological polar surface area (TPSA) is 48.0 Å². The number of halogens is 1. The predicted octanol–water partition coefficient (Wildman–Crippen LogP) is 3.07. The average molecular weight is 356 g/mol. The highest BCUT2D eigenvalue weighted by Crippen LogP contribution is 2.21. The minimum atomic E-state index is -0.159. The summed E-state index contributed by atoms with van der Waals surface area (Å²) in [4.78, 5) is 14.0. The molecule has 1 aliphatic heterocycles. The van der Waals surface area contributed by atoms with Crippen molar-refractivity contribution in [3.8, 4) is 5.75 Å². The smallest absolute Gasteiger partial charge is 0.305 e. The molecular formula is C18H26ClNO4. The first-order valence-corrected chi connectivity index (χ1v) is 8.87. The Kier molecular flexibility index (Phi) is 8.36. The standard InChI is InChI=1S/C18H26ClNO4/c1-15-14-16(5-6-17(15)19)23-10-2-4-18(21)24-11-3-7-20-8-12-22-13-9-20/h5-6,14H,2-4,7-13H2,1H3. The van der Waals surface area contributed by atoms with Crippen LogP contribution in [-0.2, 0) is 14.3 Å². The highest BCUT2D eigenvalue weighted by atomic mass is 35.5. The van der Waals surface area contributed by atoms with Gasteiger partial charge in [0.15, 0.2) is 0 Å². The second kappa shape index (κ2) is 10.5. The van der Waals surface area contributed by atoms with Crippen molar-refractivity contribution in [2.75, 3.05) is 46.1 Å². The van der Waals surface area contributed by atoms with Crippen LogP contribution >= 0.6 is 11.6 Å². The second-order valence-electron chi connectivity index (χ2n) is 5.89. The number of esters is 1. The lowest BCUT2D eigenvalue weighted by molar-refractivity contribution is -0.144. The number of carbonyl (C=O) groups is 1. The molecule has 0 bridgehead atoms. The summed E-state index contributed by atoms with van der Waals surface area (Å²) in [5.74, 6) is 0.614. The molecule has 134 valence electrons. The van der Waals surface area contributed by atoms with E-state index in [-0.39, 0.29) is 5.97 Å². The largest absolute Gasteiger partial charge is 0.494 e. The Balaban J connectivity index is 1.49. The van der Waals surface area contributed by atoms with E-state index in [1.807, 2.05) is 25.1 Å². The van der Waals surface area contributed by atoms with Crippen LogP contribution in [0.1, 0.15) is 24.8 Å². The number of benzene rings is 1. The summed E-state index contributed by atoms with van der Waals surface area (Å²) in [6.07, 6.45) is 1.89. The number of carbonyl (C=O) groups excluding carboxylic acids is 1. The van der Waals surface area contributed by atoms with E-state index in [1.165, 1.54) is 0 Å². The summed E-state index contributed by atoms with van der Waals surface area (Å²) >= 11 is 5.97. The summed E-state index contributed by atoms with van der Waals surface area (Å²) in [7, 11) is 0. The molecule has 0 N–H and O–H groups in total. The molecule has 1 aromatic carbocycles. The van der Waals surface area contributed by atoms with Crippen molar-refractivity contribution in [3.05, 3.63) is 28.8 Å². The number of morpholine rings is 1. The fraction of sp³-hybridized carbons (Fsp3) is 0.611. The lowest BCUT2D eigenvalue weighted by Crippen LogP contribution is -2.37. The van der Waals surface area contributed by atoms with Gasteiger partial charge in [-0.3, -0.25) is 9.69 Å². The zero-order valence-corrected chi connectivity index (χ0v) is 15.0. The van der Waals surface area contributed by atoms with Gasteiger partial charge in [-0.1, -0.05) is 11.6 Å². The molecular weight excluding hydrogens is 330 g/mol.